The van der Waals surface area contributed by atoms with Gasteiger partial charge in [0.15, 0.2) is 0 Å². The van der Waals surface area contributed by atoms with Gasteiger partial charge in [0.1, 0.15) is 5.82 Å². The molecule has 1 aliphatic carbocycles. The molecule has 4 N–H and O–H groups in total. The second-order valence-electron chi connectivity index (χ2n) is 10.3. The summed E-state index contributed by atoms with van der Waals surface area (Å²) in [4.78, 5) is 24.2. The minimum absolute atomic E-state index is 0.204. The molecule has 8 nitrogen and oxygen atoms in total. The van der Waals surface area contributed by atoms with Gasteiger partial charge in [-0.15, -0.1) is 0 Å². The van der Waals surface area contributed by atoms with E-state index in [2.05, 4.69) is 5.32 Å². The lowest BCUT2D eigenvalue weighted by atomic mass is 9.87. The molecule has 230 valence electrons. The highest BCUT2D eigenvalue weighted by Gasteiger charge is 2.71. The number of nitrogens with zero attached hydrogens (tertiary/aromatic N) is 1. The summed E-state index contributed by atoms with van der Waals surface area (Å²) in [6.45, 7) is 0. The number of benzene rings is 2. The van der Waals surface area contributed by atoms with Gasteiger partial charge in [0.2, 0.25) is 11.8 Å². The summed E-state index contributed by atoms with van der Waals surface area (Å²) in [5.41, 5.74) is -1.97. The van der Waals surface area contributed by atoms with E-state index in [4.69, 9.17) is 5.73 Å². The Bertz CT molecular complexity index is 1450. The third-order valence-electron chi connectivity index (χ3n) is 7.65. The quantitative estimate of drug-likeness (QED) is 0.403. The number of nitrogens with two attached hydrogens (primary N) is 1. The van der Waals surface area contributed by atoms with Gasteiger partial charge < -0.3 is 16.2 Å². The Labute approximate surface area is 235 Å². The van der Waals surface area contributed by atoms with Crippen molar-refractivity contribution in [3.8, 4) is 0 Å². The highest BCUT2D eigenvalue weighted by atomic mass is 32.2. The van der Waals surface area contributed by atoms with Crippen LogP contribution in [0.2, 0.25) is 0 Å². The van der Waals surface area contributed by atoms with Crippen LogP contribution in [0.5, 0.6) is 0 Å². The van der Waals surface area contributed by atoms with Crippen LogP contribution in [0, 0.1) is 11.7 Å². The van der Waals surface area contributed by atoms with Crippen molar-refractivity contribution < 1.29 is 53.8 Å². The Kier molecular flexibility index (Phi) is 8.28. The summed E-state index contributed by atoms with van der Waals surface area (Å²) >= 11 is 0. The predicted molar refractivity (Wildman–Crippen MR) is 134 cm³/mol. The fraction of sp³-hybridized carbons (Fsp3) is 0.462. The van der Waals surface area contributed by atoms with E-state index in [9.17, 15) is 53.8 Å². The minimum atomic E-state index is -6.16. The average Bonchev–Trinajstić information content (AvgIpc) is 3.34. The van der Waals surface area contributed by atoms with Crippen molar-refractivity contribution >= 4 is 27.5 Å². The second-order valence-corrected chi connectivity index (χ2v) is 12.1. The maximum Gasteiger partial charge on any atom is 0.430 e. The molecular formula is C26H26F7N3O5S. The molecule has 0 aromatic heterocycles. The second kappa shape index (κ2) is 11.0. The molecule has 0 unspecified atom stereocenters. The van der Waals surface area contributed by atoms with Gasteiger partial charge in [0, 0.05) is 18.0 Å². The molecule has 2 aromatic rings. The van der Waals surface area contributed by atoms with E-state index in [0.29, 0.717) is 41.8 Å². The molecule has 2 aliphatic rings. The molecule has 2 aromatic carbocycles. The molecule has 1 fully saturated rings. The van der Waals surface area contributed by atoms with Crippen molar-refractivity contribution in [2.75, 3.05) is 4.31 Å². The summed E-state index contributed by atoms with van der Waals surface area (Å²) in [6, 6.07) is 3.27. The number of alkyl halides is 6. The van der Waals surface area contributed by atoms with Crippen molar-refractivity contribution in [3.05, 3.63) is 59.4 Å². The van der Waals surface area contributed by atoms with Crippen LogP contribution in [0.25, 0.3) is 0 Å². The van der Waals surface area contributed by atoms with Crippen LogP contribution in [-0.2, 0) is 31.6 Å². The number of anilines is 1. The van der Waals surface area contributed by atoms with Gasteiger partial charge in [0.05, 0.1) is 22.5 Å². The molecular weight excluding hydrogens is 599 g/mol. The molecule has 1 heterocycles. The molecule has 2 amide bonds. The standard InChI is InChI=1S/C26H26F7N3O5S/c27-16-6-9-18(10-7-16)42(40,41)36-17(13-22(37)35-20-3-1-2-19(20)23(34)38)8-4-14-12-15(5-11-21(14)36)24(39,25(28,29)30)26(31,32)33/h5-7,9-12,17,19-20,39H,1-4,8,13H2,(H2,34,38)(H,35,37)/t17-,19-,20+/m0/s1. The molecule has 0 radical (unpaired) electrons. The van der Waals surface area contributed by atoms with Gasteiger partial charge in [-0.05, 0) is 61.6 Å². The van der Waals surface area contributed by atoms with Crippen molar-refractivity contribution in [2.45, 2.75) is 73.5 Å². The highest BCUT2D eigenvalue weighted by Crippen LogP contribution is 2.51. The molecule has 1 aliphatic heterocycles. The van der Waals surface area contributed by atoms with Crippen LogP contribution in [0.4, 0.5) is 36.4 Å². The Morgan fingerprint density at radius 1 is 0.976 bits per heavy atom. The fourth-order valence-electron chi connectivity index (χ4n) is 5.53. The maximum absolute atomic E-state index is 13.7. The first-order valence-corrected chi connectivity index (χ1v) is 14.2. The van der Waals surface area contributed by atoms with Gasteiger partial charge >= 0.3 is 12.4 Å². The van der Waals surface area contributed by atoms with Crippen molar-refractivity contribution in [3.63, 3.8) is 0 Å². The van der Waals surface area contributed by atoms with E-state index in [1.807, 2.05) is 0 Å². The van der Waals surface area contributed by atoms with E-state index in [-0.39, 0.29) is 24.1 Å². The lowest BCUT2D eigenvalue weighted by molar-refractivity contribution is -0.376. The van der Waals surface area contributed by atoms with Gasteiger partial charge in [-0.2, -0.15) is 26.3 Å². The molecule has 0 spiro atoms. The number of fused-ring (bicyclic) bond motifs is 1. The number of rotatable bonds is 7. The van der Waals surface area contributed by atoms with E-state index >= 15 is 0 Å². The first-order valence-electron chi connectivity index (χ1n) is 12.8. The zero-order valence-electron chi connectivity index (χ0n) is 21.7. The van der Waals surface area contributed by atoms with Crippen LogP contribution >= 0.6 is 0 Å². The van der Waals surface area contributed by atoms with E-state index < -0.39 is 80.5 Å². The topological polar surface area (TPSA) is 130 Å². The molecule has 4 rings (SSSR count). The van der Waals surface area contributed by atoms with Crippen molar-refractivity contribution in [2.24, 2.45) is 11.7 Å². The maximum atomic E-state index is 13.7. The third-order valence-corrected chi connectivity index (χ3v) is 9.53. The van der Waals surface area contributed by atoms with Crippen molar-refractivity contribution in [1.82, 2.24) is 5.32 Å². The lowest BCUT2D eigenvalue weighted by Crippen LogP contribution is -2.54. The molecule has 3 atom stereocenters. The Morgan fingerprint density at radius 3 is 2.17 bits per heavy atom. The Hall–Kier alpha value is -3.40. The Morgan fingerprint density at radius 2 is 1.60 bits per heavy atom. The molecule has 0 bridgehead atoms. The van der Waals surface area contributed by atoms with Gasteiger partial charge in [-0.3, -0.25) is 13.9 Å². The van der Waals surface area contributed by atoms with Crippen molar-refractivity contribution in [1.29, 1.82) is 0 Å². The van der Waals surface area contributed by atoms with Crippen LogP contribution in [-0.4, -0.2) is 49.8 Å². The summed E-state index contributed by atoms with van der Waals surface area (Å²) in [5, 5.41) is 12.5. The van der Waals surface area contributed by atoms with Gasteiger partial charge in [-0.1, -0.05) is 18.6 Å². The van der Waals surface area contributed by atoms with Crippen LogP contribution in [0.15, 0.2) is 47.4 Å². The molecule has 1 saturated carbocycles. The number of hydrogen-bond acceptors (Lipinski definition) is 5. The number of aryl methyl sites for hydroxylation is 1. The number of hydrogen-bond donors (Lipinski definition) is 3. The lowest BCUT2D eigenvalue weighted by Gasteiger charge is -2.39. The monoisotopic (exact) mass is 625 g/mol. The summed E-state index contributed by atoms with van der Waals surface area (Å²) in [6.07, 6.45) is -11.7. The zero-order chi connectivity index (χ0) is 31.3. The fourth-order valence-corrected chi connectivity index (χ4v) is 7.25. The molecule has 0 saturated heterocycles. The van der Waals surface area contributed by atoms with Crippen LogP contribution in [0.3, 0.4) is 0 Å². The largest absolute Gasteiger partial charge is 0.430 e. The average molecular weight is 626 g/mol. The zero-order valence-corrected chi connectivity index (χ0v) is 22.5. The van der Waals surface area contributed by atoms with Gasteiger partial charge in [0.25, 0.3) is 15.6 Å². The minimum Gasteiger partial charge on any atom is -0.369 e. The number of primary amides is 1. The first-order chi connectivity index (χ1) is 19.4. The number of sulfonamides is 1. The Balaban J connectivity index is 1.75. The van der Waals surface area contributed by atoms with E-state index in [0.717, 1.165) is 24.3 Å². The number of carbonyl (C=O) groups excluding carboxylic acids is 2. The SMILES string of the molecule is NC(=O)[C@H]1CCC[C@H]1NC(=O)C[C@@H]1CCc2cc(C(O)(C(F)(F)F)C(F)(F)F)ccc2N1S(=O)(=O)c1ccc(F)cc1. The smallest absolute Gasteiger partial charge is 0.369 e. The highest BCUT2D eigenvalue weighted by molar-refractivity contribution is 7.92. The van der Waals surface area contributed by atoms with E-state index in [1.54, 1.807) is 0 Å². The first kappa shape index (κ1) is 31.5. The summed E-state index contributed by atoms with van der Waals surface area (Å²) < 4.78 is 123. The molecule has 42 heavy (non-hydrogen) atoms. The predicted octanol–water partition coefficient (Wildman–Crippen LogP) is 3.81. The number of carbonyl (C=O) groups is 2. The summed E-state index contributed by atoms with van der Waals surface area (Å²) in [5.74, 6) is -2.66. The molecule has 16 heteroatoms. The van der Waals surface area contributed by atoms with E-state index in [1.165, 1.54) is 0 Å². The van der Waals surface area contributed by atoms with Crippen LogP contribution in [0.1, 0.15) is 43.2 Å². The van der Waals surface area contributed by atoms with Crippen LogP contribution < -0.4 is 15.4 Å². The normalized spacial score (nSPS) is 21.6. The third kappa shape index (κ3) is 5.65. The number of halogens is 7. The number of amides is 2. The summed E-state index contributed by atoms with van der Waals surface area (Å²) in [7, 11) is -4.64. The number of nitrogens with one attached hydrogen (secondary N) is 1. The number of aliphatic hydroxyl groups is 1. The van der Waals surface area contributed by atoms with Gasteiger partial charge in [-0.25, -0.2) is 12.8 Å².